The summed E-state index contributed by atoms with van der Waals surface area (Å²) in [6.07, 6.45) is 24.2. The zero-order valence-corrected chi connectivity index (χ0v) is 18.1. The molecule has 154 valence electrons. The first-order valence-electron chi connectivity index (χ1n) is 11.8. The van der Waals surface area contributed by atoms with Crippen LogP contribution in [0.4, 0.5) is 11.4 Å². The van der Waals surface area contributed by atoms with Crippen molar-refractivity contribution >= 4 is 23.5 Å². The summed E-state index contributed by atoms with van der Waals surface area (Å²) in [5.41, 5.74) is 21.0. The van der Waals surface area contributed by atoms with Crippen molar-refractivity contribution in [2.24, 2.45) is 0 Å². The van der Waals surface area contributed by atoms with E-state index < -0.39 is 0 Å². The molecule has 2 heteroatoms. The fraction of sp³-hybridized carbons (Fsp3) is 0.615. The SMILES string of the molecule is CCC=Cc1c(N)c(C2CCCCC2)c(N)c(C=CCC)c1C1CCCCC1. The largest absolute Gasteiger partial charge is 0.398 e. The van der Waals surface area contributed by atoms with Crippen molar-refractivity contribution in [3.05, 3.63) is 34.4 Å². The molecule has 0 spiro atoms. The average Bonchev–Trinajstić information content (AvgIpc) is 2.73. The van der Waals surface area contributed by atoms with Gasteiger partial charge in [-0.15, -0.1) is 0 Å². The Balaban J connectivity index is 2.22. The van der Waals surface area contributed by atoms with Gasteiger partial charge in [0.1, 0.15) is 0 Å². The lowest BCUT2D eigenvalue weighted by molar-refractivity contribution is 0.440. The van der Waals surface area contributed by atoms with E-state index in [2.05, 4.69) is 38.2 Å². The second-order valence-electron chi connectivity index (χ2n) is 8.77. The summed E-state index contributed by atoms with van der Waals surface area (Å²) in [6, 6.07) is 0. The Kier molecular flexibility index (Phi) is 7.65. The molecule has 0 atom stereocenters. The molecule has 28 heavy (non-hydrogen) atoms. The van der Waals surface area contributed by atoms with Crippen molar-refractivity contribution in [1.29, 1.82) is 0 Å². The molecule has 0 aliphatic heterocycles. The second-order valence-corrected chi connectivity index (χ2v) is 8.77. The van der Waals surface area contributed by atoms with Crippen LogP contribution in [0.25, 0.3) is 12.2 Å². The smallest absolute Gasteiger partial charge is 0.0447 e. The van der Waals surface area contributed by atoms with Crippen LogP contribution in [0.2, 0.25) is 0 Å². The molecule has 1 aromatic carbocycles. The highest BCUT2D eigenvalue weighted by molar-refractivity contribution is 5.85. The van der Waals surface area contributed by atoms with E-state index in [9.17, 15) is 0 Å². The predicted molar refractivity (Wildman–Crippen MR) is 126 cm³/mol. The minimum atomic E-state index is 0.525. The normalized spacial score (nSPS) is 19.8. The van der Waals surface area contributed by atoms with Crippen molar-refractivity contribution in [3.63, 3.8) is 0 Å². The van der Waals surface area contributed by atoms with Crippen LogP contribution in [-0.2, 0) is 0 Å². The lowest BCUT2D eigenvalue weighted by Crippen LogP contribution is -2.17. The Morgan fingerprint density at radius 2 is 1.04 bits per heavy atom. The lowest BCUT2D eigenvalue weighted by Gasteiger charge is -2.32. The monoisotopic (exact) mass is 380 g/mol. The Bertz CT molecular complexity index is 661. The number of rotatable bonds is 6. The first-order valence-corrected chi connectivity index (χ1v) is 11.8. The van der Waals surface area contributed by atoms with Gasteiger partial charge in [0, 0.05) is 28.1 Å². The van der Waals surface area contributed by atoms with Gasteiger partial charge >= 0.3 is 0 Å². The molecular formula is C26H40N2. The summed E-state index contributed by atoms with van der Waals surface area (Å²) in [7, 11) is 0. The summed E-state index contributed by atoms with van der Waals surface area (Å²) < 4.78 is 0. The number of hydrogen-bond acceptors (Lipinski definition) is 2. The maximum Gasteiger partial charge on any atom is 0.0447 e. The van der Waals surface area contributed by atoms with Crippen LogP contribution in [0.1, 0.15) is 125 Å². The topological polar surface area (TPSA) is 52.0 Å². The summed E-state index contributed by atoms with van der Waals surface area (Å²) in [6.45, 7) is 4.40. The van der Waals surface area contributed by atoms with Gasteiger partial charge in [0.05, 0.1) is 0 Å². The zero-order chi connectivity index (χ0) is 19.9. The van der Waals surface area contributed by atoms with Crippen LogP contribution in [0.5, 0.6) is 0 Å². The molecule has 0 unspecified atom stereocenters. The quantitative estimate of drug-likeness (QED) is 0.495. The highest BCUT2D eigenvalue weighted by Gasteiger charge is 2.29. The van der Waals surface area contributed by atoms with Gasteiger partial charge in [0.25, 0.3) is 0 Å². The molecule has 2 aliphatic rings. The molecule has 2 saturated carbocycles. The molecule has 0 saturated heterocycles. The van der Waals surface area contributed by atoms with E-state index in [4.69, 9.17) is 11.5 Å². The zero-order valence-electron chi connectivity index (χ0n) is 18.1. The molecule has 0 bridgehead atoms. The number of benzene rings is 1. The Morgan fingerprint density at radius 1 is 0.643 bits per heavy atom. The molecule has 2 fully saturated rings. The lowest BCUT2D eigenvalue weighted by atomic mass is 9.74. The molecule has 2 nitrogen and oxygen atoms in total. The second kappa shape index (κ2) is 10.2. The van der Waals surface area contributed by atoms with E-state index in [0.717, 1.165) is 24.2 Å². The van der Waals surface area contributed by atoms with Gasteiger partial charge in [-0.1, -0.05) is 76.7 Å². The third kappa shape index (κ3) is 4.47. The van der Waals surface area contributed by atoms with Crippen molar-refractivity contribution in [3.8, 4) is 0 Å². The molecule has 4 N–H and O–H groups in total. The highest BCUT2D eigenvalue weighted by atomic mass is 14.7. The fourth-order valence-corrected chi connectivity index (χ4v) is 5.36. The molecule has 0 heterocycles. The summed E-state index contributed by atoms with van der Waals surface area (Å²) in [4.78, 5) is 0. The van der Waals surface area contributed by atoms with Crippen LogP contribution in [0.3, 0.4) is 0 Å². The van der Waals surface area contributed by atoms with E-state index >= 15 is 0 Å². The minimum absolute atomic E-state index is 0.525. The van der Waals surface area contributed by atoms with Crippen molar-refractivity contribution < 1.29 is 0 Å². The molecular weight excluding hydrogens is 340 g/mol. The van der Waals surface area contributed by atoms with Gasteiger partial charge in [-0.2, -0.15) is 0 Å². The average molecular weight is 381 g/mol. The summed E-state index contributed by atoms with van der Waals surface area (Å²) in [5.74, 6) is 1.11. The Labute approximate surface area is 172 Å². The van der Waals surface area contributed by atoms with Gasteiger partial charge in [-0.05, 0) is 55.9 Å². The molecule has 1 aromatic rings. The first-order chi connectivity index (χ1) is 13.7. The summed E-state index contributed by atoms with van der Waals surface area (Å²) in [5, 5.41) is 0. The van der Waals surface area contributed by atoms with Gasteiger partial charge in [0.2, 0.25) is 0 Å². The van der Waals surface area contributed by atoms with Crippen molar-refractivity contribution in [2.45, 2.75) is 103 Å². The standard InChI is InChI=1S/C26H40N2/c1-3-5-17-21-23(19-13-9-7-10-14-19)22(18-6-4-2)26(28)24(25(21)27)20-15-11-8-12-16-20/h5-6,17-20H,3-4,7-16,27-28H2,1-2H3. The van der Waals surface area contributed by atoms with E-state index in [1.807, 2.05) is 0 Å². The van der Waals surface area contributed by atoms with E-state index in [1.54, 1.807) is 0 Å². The molecule has 0 amide bonds. The van der Waals surface area contributed by atoms with Crippen molar-refractivity contribution in [1.82, 2.24) is 0 Å². The molecule has 0 aromatic heterocycles. The molecule has 2 aliphatic carbocycles. The van der Waals surface area contributed by atoms with Gasteiger partial charge in [-0.25, -0.2) is 0 Å². The molecule has 3 rings (SSSR count). The van der Waals surface area contributed by atoms with Crippen molar-refractivity contribution in [2.75, 3.05) is 11.5 Å². The maximum absolute atomic E-state index is 6.91. The minimum Gasteiger partial charge on any atom is -0.398 e. The van der Waals surface area contributed by atoms with E-state index in [-0.39, 0.29) is 0 Å². The Hall–Kier alpha value is -1.70. The van der Waals surface area contributed by atoms with Gasteiger partial charge in [0.15, 0.2) is 0 Å². The summed E-state index contributed by atoms with van der Waals surface area (Å²) >= 11 is 0. The van der Waals surface area contributed by atoms with E-state index in [1.165, 1.54) is 86.5 Å². The predicted octanol–water partition coefficient (Wildman–Crippen LogP) is 7.79. The number of nitrogens with two attached hydrogens (primary N) is 2. The van der Waals surface area contributed by atoms with Crippen LogP contribution in [-0.4, -0.2) is 0 Å². The van der Waals surface area contributed by atoms with Gasteiger partial charge < -0.3 is 11.5 Å². The Morgan fingerprint density at radius 3 is 1.43 bits per heavy atom. The molecule has 0 radical (unpaired) electrons. The number of hydrogen-bond donors (Lipinski definition) is 2. The number of allylic oxidation sites excluding steroid dienone is 2. The van der Waals surface area contributed by atoms with E-state index in [0.29, 0.717) is 11.8 Å². The van der Waals surface area contributed by atoms with Crippen LogP contribution in [0.15, 0.2) is 12.2 Å². The van der Waals surface area contributed by atoms with Crippen LogP contribution < -0.4 is 11.5 Å². The van der Waals surface area contributed by atoms with Crippen LogP contribution in [0, 0.1) is 0 Å². The number of nitrogen functional groups attached to an aromatic ring is 2. The van der Waals surface area contributed by atoms with Crippen LogP contribution >= 0.6 is 0 Å². The first kappa shape index (κ1) is 21.0. The number of anilines is 2. The maximum atomic E-state index is 6.91. The third-order valence-corrected chi connectivity index (χ3v) is 6.81. The fourth-order valence-electron chi connectivity index (χ4n) is 5.36. The highest BCUT2D eigenvalue weighted by Crippen LogP contribution is 2.48. The van der Waals surface area contributed by atoms with Gasteiger partial charge in [-0.3, -0.25) is 0 Å². The third-order valence-electron chi connectivity index (χ3n) is 6.81.